The number of aliphatic carboxylic acids is 1. The minimum atomic E-state index is -5.60. The van der Waals surface area contributed by atoms with E-state index in [9.17, 15) is 64.4 Å². The van der Waals surface area contributed by atoms with Crippen LogP contribution in [-0.2, 0) is 39.2 Å². The van der Waals surface area contributed by atoms with Gasteiger partial charge in [0.05, 0.1) is 31.9 Å². The Morgan fingerprint density at radius 3 is 2.42 bits per heavy atom. The van der Waals surface area contributed by atoms with Crippen LogP contribution in [0.3, 0.4) is 0 Å². The van der Waals surface area contributed by atoms with Gasteiger partial charge in [0.15, 0.2) is 12.0 Å². The average Bonchev–Trinajstić information content (AvgIpc) is 3.36. The summed E-state index contributed by atoms with van der Waals surface area (Å²) in [4.78, 5) is 63.0. The summed E-state index contributed by atoms with van der Waals surface area (Å²) < 4.78 is 34.4. The molecule has 0 aliphatic carbocycles. The smallest absolute Gasteiger partial charge is 0.475 e. The van der Waals surface area contributed by atoms with E-state index in [1.54, 1.807) is 24.3 Å². The molecule has 1 aromatic carbocycles. The molecule has 11 atom stereocenters. The van der Waals surface area contributed by atoms with Crippen molar-refractivity contribution in [2.45, 2.75) is 80.7 Å². The lowest BCUT2D eigenvalue weighted by atomic mass is 9.88. The fourth-order valence-corrected chi connectivity index (χ4v) is 6.45. The second-order valence-corrected chi connectivity index (χ2v) is 13.4. The highest BCUT2D eigenvalue weighted by Crippen LogP contribution is 2.51. The minimum Gasteiger partial charge on any atom is -0.477 e. The number of aromatic nitrogens is 2. The summed E-state index contributed by atoms with van der Waals surface area (Å²) in [6, 6.07) is 6.02. The van der Waals surface area contributed by atoms with Crippen LogP contribution in [0.15, 0.2) is 41.3 Å². The molecule has 22 nitrogen and oxygen atoms in total. The second kappa shape index (κ2) is 16.9. The summed E-state index contributed by atoms with van der Waals surface area (Å²) in [5.41, 5.74) is 5.67. The number of nitrogen functional groups attached to an aromatic ring is 1. The van der Waals surface area contributed by atoms with Crippen molar-refractivity contribution in [2.75, 3.05) is 25.5 Å². The van der Waals surface area contributed by atoms with Crippen LogP contribution in [0.5, 0.6) is 0 Å². The number of benzene rings is 1. The zero-order valence-electron chi connectivity index (χ0n) is 27.4. The molecule has 1 aromatic heterocycles. The first-order chi connectivity index (χ1) is 24.4. The summed E-state index contributed by atoms with van der Waals surface area (Å²) in [5.74, 6) is -6.49. The third-order valence-electron chi connectivity index (χ3n) is 8.25. The third-order valence-corrected chi connectivity index (χ3v) is 9.25. The number of Topliss-reactive ketones (excluding diaryl/α,β-unsaturated/α-hetero) is 1. The van der Waals surface area contributed by atoms with Gasteiger partial charge in [-0.05, 0) is 18.6 Å². The second-order valence-electron chi connectivity index (χ2n) is 12.0. The molecule has 23 heteroatoms. The van der Waals surface area contributed by atoms with Gasteiger partial charge in [0.2, 0.25) is 5.91 Å². The van der Waals surface area contributed by atoms with Gasteiger partial charge in [-0.2, -0.15) is 4.98 Å². The summed E-state index contributed by atoms with van der Waals surface area (Å²) in [6.07, 6.45) is -15.1. The molecule has 12 N–H and O–H groups in total. The molecule has 2 aliphatic rings. The Morgan fingerprint density at radius 1 is 1.15 bits per heavy atom. The van der Waals surface area contributed by atoms with E-state index in [0.29, 0.717) is 11.1 Å². The summed E-state index contributed by atoms with van der Waals surface area (Å²) >= 11 is 0. The Balaban J connectivity index is 1.44. The molecular formula is C29H40N5O17P. The molecule has 52 heavy (non-hydrogen) atoms. The monoisotopic (exact) mass is 761 g/mol. The number of anilines is 1. The molecule has 3 heterocycles. The summed E-state index contributed by atoms with van der Waals surface area (Å²) in [6.45, 7) is -0.968. The van der Waals surface area contributed by atoms with Crippen molar-refractivity contribution in [3.05, 3.63) is 58.1 Å². The maximum absolute atomic E-state index is 13.1. The van der Waals surface area contributed by atoms with Crippen molar-refractivity contribution in [3.8, 4) is 0 Å². The molecule has 4 rings (SSSR count). The summed E-state index contributed by atoms with van der Waals surface area (Å²) in [7, 11) is -5.60. The van der Waals surface area contributed by atoms with Crippen LogP contribution < -0.4 is 22.1 Å². The number of phosphoric acid groups is 1. The molecule has 2 aliphatic heterocycles. The van der Waals surface area contributed by atoms with Gasteiger partial charge in [-0.15, -0.1) is 0 Å². The first-order valence-electron chi connectivity index (χ1n) is 15.6. The van der Waals surface area contributed by atoms with Crippen molar-refractivity contribution in [1.82, 2.24) is 20.2 Å². The highest BCUT2D eigenvalue weighted by atomic mass is 31.2. The molecule has 288 valence electrons. The number of ether oxygens (including phenoxy) is 2. The molecule has 2 saturated heterocycles. The topological polar surface area (TPSA) is 352 Å². The Bertz CT molecular complexity index is 1700. The third kappa shape index (κ3) is 9.62. The number of aliphatic hydroxyl groups is 6. The van der Waals surface area contributed by atoms with Crippen molar-refractivity contribution < 1.29 is 78.1 Å². The molecule has 0 bridgehead atoms. The van der Waals surface area contributed by atoms with Gasteiger partial charge < -0.3 is 66.5 Å². The highest BCUT2D eigenvalue weighted by molar-refractivity contribution is 7.47. The number of nitrogens with zero attached hydrogens (tertiary/aromatic N) is 2. The van der Waals surface area contributed by atoms with Crippen molar-refractivity contribution in [2.24, 2.45) is 0 Å². The number of carboxylic acids is 1. The van der Waals surface area contributed by atoms with Gasteiger partial charge in [0, 0.05) is 24.7 Å². The molecule has 2 fully saturated rings. The van der Waals surface area contributed by atoms with Crippen LogP contribution in [0.2, 0.25) is 0 Å². The van der Waals surface area contributed by atoms with E-state index in [1.807, 2.05) is 0 Å². The Hall–Kier alpha value is -3.74. The van der Waals surface area contributed by atoms with E-state index in [-0.39, 0.29) is 18.1 Å². The quantitative estimate of drug-likeness (QED) is 0.0569. The van der Waals surface area contributed by atoms with Crippen molar-refractivity contribution in [3.63, 3.8) is 0 Å². The predicted molar refractivity (Wildman–Crippen MR) is 171 cm³/mol. The predicted octanol–water partition coefficient (Wildman–Crippen LogP) is -4.30. The molecule has 2 aromatic rings. The van der Waals surface area contributed by atoms with Gasteiger partial charge in [0.25, 0.3) is 5.79 Å². The number of nitrogens with one attached hydrogen (secondary N) is 2. The lowest BCUT2D eigenvalue weighted by Crippen LogP contribution is -2.68. The van der Waals surface area contributed by atoms with E-state index < -0.39 is 112 Å². The summed E-state index contributed by atoms with van der Waals surface area (Å²) in [5, 5.41) is 77.4. The number of phosphoric ester groups is 1. The average molecular weight is 762 g/mol. The van der Waals surface area contributed by atoms with E-state index in [4.69, 9.17) is 24.3 Å². The zero-order valence-corrected chi connectivity index (χ0v) is 28.3. The Labute approximate surface area is 294 Å². The SMILES string of the molecule is CC(=O)c1ccc(CNCC(=O)N[C@H]2C([C@H](O)[C@H](O)CO)O[C@](OP(=O)(O)OC[C@H]3O[C@@H](n4ccc(N)nc4=O)[C@@H](O)C3O)(C(=O)O)C[C@H]2O)cc1. The van der Waals surface area contributed by atoms with Crippen LogP contribution in [0.4, 0.5) is 5.82 Å². The van der Waals surface area contributed by atoms with E-state index in [2.05, 4.69) is 15.6 Å². The van der Waals surface area contributed by atoms with Gasteiger partial charge in [-0.1, -0.05) is 24.3 Å². The van der Waals surface area contributed by atoms with E-state index >= 15 is 0 Å². The molecule has 0 spiro atoms. The molecule has 0 radical (unpaired) electrons. The van der Waals surface area contributed by atoms with Gasteiger partial charge in [-0.3, -0.25) is 18.7 Å². The number of aliphatic hydroxyl groups excluding tert-OH is 6. The minimum absolute atomic E-state index is 0.136. The van der Waals surface area contributed by atoms with Gasteiger partial charge in [-0.25, -0.2) is 18.7 Å². The van der Waals surface area contributed by atoms with E-state index in [0.717, 1.165) is 10.8 Å². The first-order valence-corrected chi connectivity index (χ1v) is 17.1. The van der Waals surface area contributed by atoms with Crippen LogP contribution >= 0.6 is 7.82 Å². The number of carbonyl (C=O) groups is 3. The molecular weight excluding hydrogens is 721 g/mol. The molecule has 1 amide bonds. The van der Waals surface area contributed by atoms with Crippen LogP contribution in [-0.4, -0.2) is 142 Å². The number of hydrogen-bond donors (Lipinski definition) is 11. The maximum atomic E-state index is 13.1. The number of rotatable bonds is 16. The fourth-order valence-electron chi connectivity index (χ4n) is 5.50. The molecule has 3 unspecified atom stereocenters. The normalized spacial score (nSPS) is 29.9. The highest BCUT2D eigenvalue weighted by Gasteiger charge is 2.59. The number of amides is 1. The Kier molecular flexibility index (Phi) is 13.4. The standard InChI is InChI=1S/C29H40N5O17P/c1-13(36)15-4-2-14(3-5-15)9-31-10-20(39)33-21-16(37)8-29(27(43)44,50-25(21)22(40)17(38)11-35)51-52(46,47)48-12-18-23(41)24(42)26(49-18)34-7-6-19(30)32-28(34)45/h2-7,16-18,21-26,31,35,37-38,40-42H,8-12H2,1H3,(H,33,39)(H,43,44)(H,46,47)(H2,30,32,45)/t16-,17-,18-,21-,22-,23?,24+,25?,26-,29-/m1/s1. The van der Waals surface area contributed by atoms with Gasteiger partial charge >= 0.3 is 19.5 Å². The Morgan fingerprint density at radius 2 is 1.83 bits per heavy atom. The number of hydrogen-bond acceptors (Lipinski definition) is 18. The number of carboxylic acid groups (broad SMARTS) is 1. The zero-order chi connectivity index (χ0) is 38.5. The number of nitrogens with two attached hydrogens (primary N) is 1. The van der Waals surface area contributed by atoms with Crippen LogP contribution in [0, 0.1) is 0 Å². The van der Waals surface area contributed by atoms with E-state index in [1.165, 1.54) is 13.0 Å². The lowest BCUT2D eigenvalue weighted by molar-refractivity contribution is -0.289. The fraction of sp³-hybridized carbons (Fsp3) is 0.552. The lowest BCUT2D eigenvalue weighted by Gasteiger charge is -2.46. The van der Waals surface area contributed by atoms with Crippen LogP contribution in [0.1, 0.15) is 35.5 Å². The van der Waals surface area contributed by atoms with Crippen molar-refractivity contribution in [1.29, 1.82) is 0 Å². The maximum Gasteiger partial charge on any atom is 0.475 e. The number of carbonyl (C=O) groups excluding carboxylic acids is 2. The van der Waals surface area contributed by atoms with Gasteiger partial charge in [0.1, 0.15) is 42.4 Å². The molecule has 0 saturated carbocycles. The largest absolute Gasteiger partial charge is 0.477 e. The van der Waals surface area contributed by atoms with Crippen molar-refractivity contribution >= 4 is 31.3 Å². The van der Waals surface area contributed by atoms with Crippen LogP contribution in [0.25, 0.3) is 0 Å². The number of ketones is 1. The first kappa shape index (κ1) is 41.0.